The fraction of sp³-hybridized carbons (Fsp3) is 0. The number of hydrogen-bond donors (Lipinski definition) is 0. The summed E-state index contributed by atoms with van der Waals surface area (Å²) in [5.41, 5.74) is 13.9. The summed E-state index contributed by atoms with van der Waals surface area (Å²) in [7, 11) is 0. The molecule has 0 aliphatic heterocycles. The molecule has 0 fully saturated rings. The van der Waals surface area contributed by atoms with Gasteiger partial charge in [0, 0.05) is 44.2 Å². The van der Waals surface area contributed by atoms with Crippen LogP contribution in [-0.2, 0) is 0 Å². The molecule has 0 bridgehead atoms. The molecular formula is C63H38N8. The summed E-state index contributed by atoms with van der Waals surface area (Å²) >= 11 is 0. The molecule has 0 aliphatic rings. The fourth-order valence-corrected chi connectivity index (χ4v) is 9.33. The van der Waals surface area contributed by atoms with Gasteiger partial charge >= 0.3 is 0 Å². The van der Waals surface area contributed by atoms with Crippen LogP contribution < -0.4 is 0 Å². The lowest BCUT2D eigenvalue weighted by molar-refractivity contribution is 1.07. The highest BCUT2D eigenvalue weighted by atomic mass is 15.0. The number of fused-ring (bicyclic) bond motifs is 3. The van der Waals surface area contributed by atoms with Crippen molar-refractivity contribution < 1.29 is 0 Å². The van der Waals surface area contributed by atoms with Gasteiger partial charge in [0.05, 0.1) is 46.3 Å². The fourth-order valence-electron chi connectivity index (χ4n) is 9.33. The average Bonchev–Trinajstić information content (AvgIpc) is 3.78. The SMILES string of the molecule is [C-]#[N+]c1ccccc1-c1ccc2c3ccc(-c4ccccc4C#N)cc3n(-c3ccc(-c4nc(-c5ccccc5)nc(-c5ccccc5)n4)cc3-c3cc(-c4ccccc4)nc(-c4ccccc4)n3)c2c1. The van der Waals surface area contributed by atoms with Crippen LogP contribution in [0.4, 0.5) is 5.69 Å². The standard InChI is InChI=1S/C63H38N8/c1-65-54-29-17-16-28-50(54)46-31-34-52-51-33-30-45(49-27-15-14-26-48(49)40-64)37-58(51)71(59(52)38-46)57-35-32-47(63-69-61(43-22-10-4-11-23-43)68-62(70-63)44-24-12-5-13-25-44)36-53(57)56-39-55(41-18-6-2-7-19-41)66-60(67-56)42-20-8-3-9-21-42/h2-39H. The quantitative estimate of drug-likeness (QED) is 0.134. The molecule has 8 heteroatoms. The van der Waals surface area contributed by atoms with E-state index in [0.717, 1.165) is 88.8 Å². The second kappa shape index (κ2) is 18.2. The molecule has 0 N–H and O–H groups in total. The van der Waals surface area contributed by atoms with E-state index in [1.807, 2.05) is 158 Å². The van der Waals surface area contributed by atoms with E-state index in [1.54, 1.807) is 0 Å². The van der Waals surface area contributed by atoms with Crippen LogP contribution in [0.15, 0.2) is 231 Å². The highest BCUT2D eigenvalue weighted by Crippen LogP contribution is 2.43. The molecule has 330 valence electrons. The van der Waals surface area contributed by atoms with Gasteiger partial charge in [-0.1, -0.05) is 188 Å². The first-order valence-electron chi connectivity index (χ1n) is 23.2. The number of para-hydroxylation sites is 1. The normalized spacial score (nSPS) is 11.1. The number of hydrogen-bond acceptors (Lipinski definition) is 6. The van der Waals surface area contributed by atoms with Crippen LogP contribution in [0.1, 0.15) is 5.56 Å². The molecule has 0 saturated carbocycles. The molecule has 0 radical (unpaired) electrons. The molecule has 3 heterocycles. The summed E-state index contributed by atoms with van der Waals surface area (Å²) in [5, 5.41) is 12.3. The molecule has 0 amide bonds. The second-order valence-corrected chi connectivity index (χ2v) is 17.0. The lowest BCUT2D eigenvalue weighted by Crippen LogP contribution is -2.03. The minimum Gasteiger partial charge on any atom is -0.309 e. The van der Waals surface area contributed by atoms with Gasteiger partial charge in [-0.3, -0.25) is 0 Å². The van der Waals surface area contributed by atoms with Crippen LogP contribution in [0.2, 0.25) is 0 Å². The summed E-state index contributed by atoms with van der Waals surface area (Å²) in [6.07, 6.45) is 0. The van der Waals surface area contributed by atoms with Crippen molar-refractivity contribution in [1.29, 1.82) is 5.26 Å². The van der Waals surface area contributed by atoms with Crippen molar-refractivity contribution in [3.05, 3.63) is 248 Å². The first-order chi connectivity index (χ1) is 35.1. The monoisotopic (exact) mass is 906 g/mol. The number of benzene rings is 9. The summed E-state index contributed by atoms with van der Waals surface area (Å²) in [5.74, 6) is 2.19. The Labute approximate surface area is 410 Å². The van der Waals surface area contributed by atoms with E-state index >= 15 is 0 Å². The molecular weight excluding hydrogens is 869 g/mol. The second-order valence-electron chi connectivity index (χ2n) is 17.0. The van der Waals surface area contributed by atoms with Gasteiger partial charge in [0.15, 0.2) is 29.0 Å². The zero-order valence-electron chi connectivity index (χ0n) is 38.0. The summed E-state index contributed by atoms with van der Waals surface area (Å²) < 4.78 is 2.29. The third-order valence-electron chi connectivity index (χ3n) is 12.8. The minimum atomic E-state index is 0.502. The lowest BCUT2D eigenvalue weighted by atomic mass is 9.98. The molecule has 8 nitrogen and oxygen atoms in total. The van der Waals surface area contributed by atoms with E-state index in [9.17, 15) is 5.26 Å². The van der Waals surface area contributed by atoms with Gasteiger partial charge in [-0.25, -0.2) is 29.8 Å². The zero-order valence-corrected chi connectivity index (χ0v) is 38.0. The van der Waals surface area contributed by atoms with Crippen molar-refractivity contribution in [3.8, 4) is 102 Å². The van der Waals surface area contributed by atoms with Crippen molar-refractivity contribution >= 4 is 27.5 Å². The molecule has 12 aromatic rings. The highest BCUT2D eigenvalue weighted by Gasteiger charge is 2.23. The number of rotatable bonds is 9. The van der Waals surface area contributed by atoms with Gasteiger partial charge in [0.2, 0.25) is 0 Å². The molecule has 0 saturated heterocycles. The predicted molar refractivity (Wildman–Crippen MR) is 284 cm³/mol. The Kier molecular flexibility index (Phi) is 10.8. The molecule has 71 heavy (non-hydrogen) atoms. The van der Waals surface area contributed by atoms with Gasteiger partial charge in [-0.2, -0.15) is 5.26 Å². The maximum absolute atomic E-state index is 10.3. The van der Waals surface area contributed by atoms with E-state index in [1.165, 1.54) is 0 Å². The topological polar surface area (TPSA) is 97.5 Å². The molecule has 0 atom stereocenters. The van der Waals surface area contributed by atoms with Crippen LogP contribution >= 0.6 is 0 Å². The third-order valence-corrected chi connectivity index (χ3v) is 12.8. The van der Waals surface area contributed by atoms with Gasteiger partial charge in [-0.05, 0) is 64.7 Å². The smallest absolute Gasteiger partial charge is 0.194 e. The Bertz CT molecular complexity index is 3830. The molecule has 0 aliphatic carbocycles. The van der Waals surface area contributed by atoms with Crippen molar-refractivity contribution in [2.45, 2.75) is 0 Å². The number of aromatic nitrogens is 6. The first kappa shape index (κ1) is 42.2. The lowest BCUT2D eigenvalue weighted by Gasteiger charge is -2.18. The minimum absolute atomic E-state index is 0.502. The van der Waals surface area contributed by atoms with Crippen LogP contribution in [0, 0.1) is 17.9 Å². The maximum atomic E-state index is 10.3. The van der Waals surface area contributed by atoms with Crippen LogP contribution in [0.3, 0.4) is 0 Å². The molecule has 9 aromatic carbocycles. The summed E-state index contributed by atoms with van der Waals surface area (Å²) in [4.78, 5) is 29.9. The van der Waals surface area contributed by atoms with E-state index in [-0.39, 0.29) is 0 Å². The van der Waals surface area contributed by atoms with Crippen molar-refractivity contribution in [3.63, 3.8) is 0 Å². The predicted octanol–water partition coefficient (Wildman–Crippen LogP) is 15.5. The van der Waals surface area contributed by atoms with Gasteiger partial charge in [0.25, 0.3) is 0 Å². The molecule has 12 rings (SSSR count). The van der Waals surface area contributed by atoms with E-state index in [4.69, 9.17) is 31.5 Å². The zero-order chi connectivity index (χ0) is 47.7. The maximum Gasteiger partial charge on any atom is 0.194 e. The highest BCUT2D eigenvalue weighted by molar-refractivity contribution is 6.12. The summed E-state index contributed by atoms with van der Waals surface area (Å²) in [6.45, 7) is 8.07. The van der Waals surface area contributed by atoms with E-state index < -0.39 is 0 Å². The Balaban J connectivity index is 1.19. The first-order valence-corrected chi connectivity index (χ1v) is 23.2. The van der Waals surface area contributed by atoms with Crippen LogP contribution in [0.25, 0.3) is 123 Å². The van der Waals surface area contributed by atoms with Crippen molar-refractivity contribution in [2.24, 2.45) is 0 Å². The summed E-state index contributed by atoms with van der Waals surface area (Å²) in [6, 6.07) is 79.2. The Hall–Kier alpha value is -10.2. The van der Waals surface area contributed by atoms with E-state index in [2.05, 4.69) is 88.3 Å². The Morgan fingerprint density at radius 2 is 0.817 bits per heavy atom. The van der Waals surface area contributed by atoms with Crippen LogP contribution in [0.5, 0.6) is 0 Å². The van der Waals surface area contributed by atoms with Crippen molar-refractivity contribution in [1.82, 2.24) is 29.5 Å². The van der Waals surface area contributed by atoms with Gasteiger partial charge in [-0.15, -0.1) is 0 Å². The largest absolute Gasteiger partial charge is 0.309 e. The van der Waals surface area contributed by atoms with E-state index in [0.29, 0.717) is 40.2 Å². The van der Waals surface area contributed by atoms with Gasteiger partial charge < -0.3 is 4.57 Å². The number of nitriles is 1. The molecule has 3 aromatic heterocycles. The third kappa shape index (κ3) is 7.94. The van der Waals surface area contributed by atoms with Crippen molar-refractivity contribution in [2.75, 3.05) is 0 Å². The molecule has 0 unspecified atom stereocenters. The van der Waals surface area contributed by atoms with Crippen LogP contribution in [-0.4, -0.2) is 29.5 Å². The Morgan fingerprint density at radius 3 is 1.38 bits per heavy atom. The number of nitrogens with zero attached hydrogens (tertiary/aromatic N) is 8. The van der Waals surface area contributed by atoms with Gasteiger partial charge in [0.1, 0.15) is 0 Å². The Morgan fingerprint density at radius 1 is 0.366 bits per heavy atom. The molecule has 0 spiro atoms. The average molecular weight is 907 g/mol.